The fraction of sp³-hybridized carbons (Fsp3) is 0.316. The van der Waals surface area contributed by atoms with Crippen LogP contribution in [0.2, 0.25) is 0 Å². The highest BCUT2D eigenvalue weighted by atomic mass is 16.7. The van der Waals surface area contributed by atoms with Gasteiger partial charge >= 0.3 is 0 Å². The molecule has 6 rings (SSSR count). The van der Waals surface area contributed by atoms with Crippen molar-refractivity contribution in [3.05, 3.63) is 88.5 Å². The Kier molecular flexibility index (Phi) is 9.25. The minimum Gasteiger partial charge on any atom is -0.508 e. The molecule has 0 saturated heterocycles. The summed E-state index contributed by atoms with van der Waals surface area (Å²) in [5, 5.41) is 54.2. The third kappa shape index (κ3) is 6.47. The Balaban J connectivity index is 1.48. The number of carbonyl (C=O) groups excluding carboxylic acids is 1. The van der Waals surface area contributed by atoms with Crippen LogP contribution in [0.5, 0.6) is 46.0 Å². The molecule has 0 fully saturated rings. The van der Waals surface area contributed by atoms with Crippen LogP contribution in [0.4, 0.5) is 5.69 Å². The Labute approximate surface area is 288 Å². The molecule has 0 bridgehead atoms. The number of methoxy groups -OCH3 is 2. The molecular weight excluding hydrogens is 646 g/mol. The molecule has 0 spiro atoms. The summed E-state index contributed by atoms with van der Waals surface area (Å²) in [6, 6.07) is 16.1. The van der Waals surface area contributed by atoms with Gasteiger partial charge in [-0.2, -0.15) is 0 Å². The topological polar surface area (TPSA) is 177 Å². The summed E-state index contributed by atoms with van der Waals surface area (Å²) in [4.78, 5) is 16.6. The highest BCUT2D eigenvalue weighted by molar-refractivity contribution is 5.87. The van der Waals surface area contributed by atoms with Gasteiger partial charge < -0.3 is 49.2 Å². The van der Waals surface area contributed by atoms with Gasteiger partial charge in [-0.15, -0.1) is 0 Å². The molecule has 2 aliphatic rings. The number of fused-ring (bicyclic) bond motifs is 2. The van der Waals surface area contributed by atoms with E-state index in [1.807, 2.05) is 32.9 Å². The zero-order chi connectivity index (χ0) is 35.9. The maximum absolute atomic E-state index is 12.2. The lowest BCUT2D eigenvalue weighted by Crippen LogP contribution is -2.35. The number of phenols is 3. The van der Waals surface area contributed by atoms with E-state index in [0.717, 1.165) is 11.6 Å². The van der Waals surface area contributed by atoms with Gasteiger partial charge in [0, 0.05) is 47.2 Å². The van der Waals surface area contributed by atoms with E-state index in [1.165, 1.54) is 26.5 Å². The second-order valence-electron chi connectivity index (χ2n) is 13.2. The molecule has 0 aliphatic carbocycles. The van der Waals surface area contributed by atoms with Crippen molar-refractivity contribution in [1.82, 2.24) is 0 Å². The number of aliphatic imine (C=N–C) groups is 1. The van der Waals surface area contributed by atoms with Crippen molar-refractivity contribution in [2.75, 3.05) is 20.8 Å². The number of hydrogen-bond donors (Lipinski definition) is 5. The molecule has 0 saturated carbocycles. The number of nitrogens with zero attached hydrogens (tertiary/aromatic N) is 1. The molecular formula is C38H39NO11. The fourth-order valence-electron chi connectivity index (χ4n) is 6.38. The van der Waals surface area contributed by atoms with E-state index in [4.69, 9.17) is 33.8 Å². The molecule has 12 heteroatoms. The second-order valence-corrected chi connectivity index (χ2v) is 13.2. The molecule has 12 nitrogen and oxygen atoms in total. The summed E-state index contributed by atoms with van der Waals surface area (Å²) in [5.41, 5.74) is 2.21. The van der Waals surface area contributed by atoms with Gasteiger partial charge in [0.25, 0.3) is 0 Å². The average molecular weight is 686 g/mol. The van der Waals surface area contributed by atoms with Crippen molar-refractivity contribution in [2.24, 2.45) is 4.99 Å². The van der Waals surface area contributed by atoms with E-state index in [1.54, 1.807) is 36.4 Å². The number of aliphatic hydroxyl groups is 2. The van der Waals surface area contributed by atoms with Crippen LogP contribution in [0.15, 0.2) is 65.7 Å². The van der Waals surface area contributed by atoms with Gasteiger partial charge in [-0.05, 0) is 34.7 Å². The summed E-state index contributed by atoms with van der Waals surface area (Å²) in [6.07, 6.45) is -2.02. The molecule has 4 aromatic rings. The molecule has 0 radical (unpaired) electrons. The second kappa shape index (κ2) is 13.4. The number of Topliss-reactive ketones (excluding diaryl/α,β-unsaturated/α-hetero) is 1. The van der Waals surface area contributed by atoms with Crippen molar-refractivity contribution in [3.8, 4) is 46.0 Å². The molecule has 4 aromatic carbocycles. The Morgan fingerprint density at radius 2 is 1.66 bits per heavy atom. The van der Waals surface area contributed by atoms with Crippen molar-refractivity contribution in [1.29, 1.82) is 0 Å². The molecule has 2 heterocycles. The lowest BCUT2D eigenvalue weighted by Gasteiger charge is -2.38. The summed E-state index contributed by atoms with van der Waals surface area (Å²) in [5.74, 6) is -0.513. The highest BCUT2D eigenvalue weighted by Gasteiger charge is 2.44. The number of ketones is 1. The Morgan fingerprint density at radius 1 is 0.900 bits per heavy atom. The third-order valence-corrected chi connectivity index (χ3v) is 8.78. The Hall–Kier alpha value is -5.46. The van der Waals surface area contributed by atoms with Crippen molar-refractivity contribution < 1.29 is 54.0 Å². The molecule has 4 atom stereocenters. The number of aromatic hydroxyl groups is 3. The zero-order valence-electron chi connectivity index (χ0n) is 28.2. The number of carbonyl (C=O) groups is 1. The van der Waals surface area contributed by atoms with Crippen LogP contribution in [0.1, 0.15) is 67.0 Å². The third-order valence-electron chi connectivity index (χ3n) is 8.78. The van der Waals surface area contributed by atoms with Gasteiger partial charge in [-0.25, -0.2) is 0 Å². The predicted molar refractivity (Wildman–Crippen MR) is 183 cm³/mol. The lowest BCUT2D eigenvalue weighted by molar-refractivity contribution is -0.125. The minimum absolute atomic E-state index is 0.0792. The van der Waals surface area contributed by atoms with Crippen molar-refractivity contribution in [2.45, 2.75) is 57.0 Å². The van der Waals surface area contributed by atoms with E-state index in [9.17, 15) is 25.2 Å². The van der Waals surface area contributed by atoms with E-state index in [0.29, 0.717) is 39.6 Å². The van der Waals surface area contributed by atoms with Crippen LogP contribution in [0.25, 0.3) is 0 Å². The monoisotopic (exact) mass is 685 g/mol. The largest absolute Gasteiger partial charge is 0.508 e. The lowest BCUT2D eigenvalue weighted by atomic mass is 9.78. The van der Waals surface area contributed by atoms with E-state index >= 15 is 0 Å². The minimum atomic E-state index is -1.38. The maximum atomic E-state index is 12.2. The number of aliphatic hydroxyl groups excluding tert-OH is 2. The quantitative estimate of drug-likeness (QED) is 0.140. The van der Waals surface area contributed by atoms with Gasteiger partial charge in [0.15, 0.2) is 23.4 Å². The standard InChI is InChI=1S/C38H39NO11/c1-38(2,3)24-8-6-7-20(35(24)44)17-39-25-15-23(46-4)16-29(47-5)32(25)34-33-26(43)12-21(41)13-30(33)50-37(36(34)45)19-9-10-27-28(11-19)49-31(48-27)14-22(42)18-40/h6-13,15-17,31,34,36-37,40-41,43-45H,14,18H2,1-5H3/b39-17+/t31?,34-,36+,37+/m0/s1. The number of benzene rings is 4. The molecule has 1 unspecified atom stereocenters. The zero-order valence-corrected chi connectivity index (χ0v) is 28.2. The molecule has 2 aliphatic heterocycles. The highest BCUT2D eigenvalue weighted by Crippen LogP contribution is 2.55. The van der Waals surface area contributed by atoms with Crippen LogP contribution in [-0.2, 0) is 10.2 Å². The average Bonchev–Trinajstić information content (AvgIpc) is 3.48. The summed E-state index contributed by atoms with van der Waals surface area (Å²) in [6.45, 7) is 5.35. The van der Waals surface area contributed by atoms with Crippen LogP contribution in [-0.4, -0.2) is 70.8 Å². The first-order valence-electron chi connectivity index (χ1n) is 16.0. The van der Waals surface area contributed by atoms with E-state index in [-0.39, 0.29) is 46.1 Å². The Morgan fingerprint density at radius 3 is 2.36 bits per heavy atom. The SMILES string of the molecule is COc1cc(/N=C/c2cccc(C(C)(C)C)c2O)c([C@H]2c3c(O)cc(O)cc3O[C@H](c3ccc4c(c3)OC(CC(=O)CO)O4)[C@@H]2O)c(OC)c1. The van der Waals surface area contributed by atoms with Crippen LogP contribution < -0.4 is 23.7 Å². The summed E-state index contributed by atoms with van der Waals surface area (Å²) < 4.78 is 29.2. The van der Waals surface area contributed by atoms with Crippen molar-refractivity contribution >= 4 is 17.7 Å². The molecule has 0 aromatic heterocycles. The van der Waals surface area contributed by atoms with Crippen LogP contribution in [0.3, 0.4) is 0 Å². The van der Waals surface area contributed by atoms with Gasteiger partial charge in [0.2, 0.25) is 6.29 Å². The smallest absolute Gasteiger partial charge is 0.248 e. The Bertz CT molecular complexity index is 1970. The van der Waals surface area contributed by atoms with E-state index < -0.39 is 36.8 Å². The molecule has 0 amide bonds. The number of phenolic OH excluding ortho intramolecular Hbond substituents is 3. The molecule has 262 valence electrons. The molecule has 5 N–H and O–H groups in total. The van der Waals surface area contributed by atoms with Gasteiger partial charge in [0.05, 0.1) is 32.2 Å². The number of hydrogen-bond acceptors (Lipinski definition) is 12. The first-order valence-corrected chi connectivity index (χ1v) is 16.0. The number of rotatable bonds is 9. The maximum Gasteiger partial charge on any atom is 0.248 e. The van der Waals surface area contributed by atoms with Gasteiger partial charge in [-0.1, -0.05) is 39.0 Å². The first-order chi connectivity index (χ1) is 23.8. The number of para-hydroxylation sites is 1. The first kappa shape index (κ1) is 34.4. The molecule has 50 heavy (non-hydrogen) atoms. The van der Waals surface area contributed by atoms with Gasteiger partial charge in [-0.3, -0.25) is 9.79 Å². The summed E-state index contributed by atoms with van der Waals surface area (Å²) in [7, 11) is 2.95. The fourth-order valence-corrected chi connectivity index (χ4v) is 6.38. The van der Waals surface area contributed by atoms with Crippen LogP contribution >= 0.6 is 0 Å². The van der Waals surface area contributed by atoms with Crippen molar-refractivity contribution in [3.63, 3.8) is 0 Å². The normalized spacial score (nSPS) is 19.6. The van der Waals surface area contributed by atoms with Crippen LogP contribution in [0, 0.1) is 0 Å². The summed E-state index contributed by atoms with van der Waals surface area (Å²) >= 11 is 0. The van der Waals surface area contributed by atoms with Gasteiger partial charge in [0.1, 0.15) is 47.2 Å². The number of ether oxygens (including phenoxy) is 5. The van der Waals surface area contributed by atoms with E-state index in [2.05, 4.69) is 0 Å². The predicted octanol–water partition coefficient (Wildman–Crippen LogP) is 5.54.